The molecule has 9 heteroatoms. The maximum absolute atomic E-state index is 13.2. The number of para-hydroxylation sites is 1. The largest absolute Gasteiger partial charge is 0.264 e. The zero-order valence-electron chi connectivity index (χ0n) is 13.0. The van der Waals surface area contributed by atoms with E-state index in [0.717, 1.165) is 0 Å². The van der Waals surface area contributed by atoms with Gasteiger partial charge in [-0.1, -0.05) is 41.4 Å². The summed E-state index contributed by atoms with van der Waals surface area (Å²) in [4.78, 5) is -0.0324. The summed E-state index contributed by atoms with van der Waals surface area (Å²) >= 11 is 11.8. The highest BCUT2D eigenvalue weighted by Gasteiger charge is 2.39. The average molecular weight is 420 g/mol. The van der Waals surface area contributed by atoms with Gasteiger partial charge in [-0.3, -0.25) is 4.31 Å². The molecule has 1 atom stereocenters. The van der Waals surface area contributed by atoms with Gasteiger partial charge in [-0.2, -0.15) is 0 Å². The lowest BCUT2D eigenvalue weighted by Crippen LogP contribution is -2.41. The Hall–Kier alpha value is -1.28. The van der Waals surface area contributed by atoms with Crippen LogP contribution in [0.1, 0.15) is 6.42 Å². The van der Waals surface area contributed by atoms with Gasteiger partial charge in [0.25, 0.3) is 10.0 Å². The molecule has 5 nitrogen and oxygen atoms in total. The predicted octanol–water partition coefficient (Wildman–Crippen LogP) is 3.38. The van der Waals surface area contributed by atoms with Gasteiger partial charge in [-0.25, -0.2) is 16.8 Å². The van der Waals surface area contributed by atoms with Crippen molar-refractivity contribution in [1.29, 1.82) is 0 Å². The zero-order chi connectivity index (χ0) is 18.2. The monoisotopic (exact) mass is 419 g/mol. The Balaban J connectivity index is 2.12. The molecule has 2 aromatic carbocycles. The van der Waals surface area contributed by atoms with Gasteiger partial charge in [0.15, 0.2) is 9.84 Å². The highest BCUT2D eigenvalue weighted by Crippen LogP contribution is 2.33. The standard InChI is InChI=1S/C16H15Cl2NO4S2/c17-15-7-6-14(10-16(15)18)25(22,23)19(12-4-2-1-3-5-12)13-8-9-24(20,21)11-13/h1-7,10,13H,8-9,11H2/t13-/m1/s1. The van der Waals surface area contributed by atoms with E-state index in [2.05, 4.69) is 0 Å². The quantitative estimate of drug-likeness (QED) is 0.761. The summed E-state index contributed by atoms with van der Waals surface area (Å²) < 4.78 is 51.4. The second kappa shape index (κ2) is 6.79. The van der Waals surface area contributed by atoms with E-state index < -0.39 is 25.9 Å². The van der Waals surface area contributed by atoms with Gasteiger partial charge < -0.3 is 0 Å². The van der Waals surface area contributed by atoms with Crippen LogP contribution in [-0.2, 0) is 19.9 Å². The van der Waals surface area contributed by atoms with E-state index >= 15 is 0 Å². The van der Waals surface area contributed by atoms with Crippen molar-refractivity contribution in [3.05, 3.63) is 58.6 Å². The van der Waals surface area contributed by atoms with E-state index in [1.165, 1.54) is 22.5 Å². The molecule has 1 fully saturated rings. The van der Waals surface area contributed by atoms with Gasteiger partial charge in [0, 0.05) is 0 Å². The van der Waals surface area contributed by atoms with Crippen molar-refractivity contribution in [2.75, 3.05) is 15.8 Å². The fourth-order valence-corrected chi connectivity index (χ4v) is 6.69. The molecular formula is C16H15Cl2NO4S2. The van der Waals surface area contributed by atoms with Crippen molar-refractivity contribution in [3.8, 4) is 0 Å². The molecule has 25 heavy (non-hydrogen) atoms. The molecule has 1 heterocycles. The number of benzene rings is 2. The first-order valence-electron chi connectivity index (χ1n) is 7.46. The molecule has 0 amide bonds. The predicted molar refractivity (Wildman–Crippen MR) is 99.6 cm³/mol. The third kappa shape index (κ3) is 3.79. The van der Waals surface area contributed by atoms with Gasteiger partial charge in [0.05, 0.1) is 38.2 Å². The molecule has 2 aromatic rings. The van der Waals surface area contributed by atoms with Crippen LogP contribution >= 0.6 is 23.2 Å². The second-order valence-electron chi connectivity index (χ2n) is 5.77. The first-order valence-corrected chi connectivity index (χ1v) is 11.5. The molecule has 0 spiro atoms. The van der Waals surface area contributed by atoms with E-state index in [1.807, 2.05) is 0 Å². The molecule has 0 bridgehead atoms. The maximum atomic E-state index is 13.2. The van der Waals surface area contributed by atoms with Gasteiger partial charge in [0.1, 0.15) is 0 Å². The summed E-state index contributed by atoms with van der Waals surface area (Å²) in [6, 6.07) is 11.8. The summed E-state index contributed by atoms with van der Waals surface area (Å²) in [6.07, 6.45) is 0.248. The zero-order valence-corrected chi connectivity index (χ0v) is 16.1. The molecule has 1 aliphatic heterocycles. The fourth-order valence-electron chi connectivity index (χ4n) is 2.83. The molecule has 0 saturated carbocycles. The van der Waals surface area contributed by atoms with Crippen molar-refractivity contribution in [3.63, 3.8) is 0 Å². The number of anilines is 1. The van der Waals surface area contributed by atoms with E-state index in [1.54, 1.807) is 30.3 Å². The van der Waals surface area contributed by atoms with Gasteiger partial charge in [0.2, 0.25) is 0 Å². The first kappa shape index (κ1) is 18.5. The summed E-state index contributed by atoms with van der Waals surface area (Å²) in [6.45, 7) is 0. The minimum absolute atomic E-state index is 0.0299. The smallest absolute Gasteiger partial charge is 0.262 e. The van der Waals surface area contributed by atoms with E-state index in [4.69, 9.17) is 23.2 Å². The Bertz CT molecular complexity index is 992. The molecule has 0 aromatic heterocycles. The van der Waals surface area contributed by atoms with Crippen LogP contribution in [0.3, 0.4) is 0 Å². The highest BCUT2D eigenvalue weighted by molar-refractivity contribution is 7.93. The van der Waals surface area contributed by atoms with Crippen LogP contribution < -0.4 is 4.31 Å². The molecule has 3 rings (SSSR count). The van der Waals surface area contributed by atoms with Crippen LogP contribution in [-0.4, -0.2) is 34.4 Å². The number of halogens is 2. The van der Waals surface area contributed by atoms with Crippen molar-refractivity contribution >= 4 is 48.7 Å². The third-order valence-electron chi connectivity index (χ3n) is 4.00. The van der Waals surface area contributed by atoms with Crippen molar-refractivity contribution < 1.29 is 16.8 Å². The lowest BCUT2D eigenvalue weighted by atomic mass is 10.2. The first-order chi connectivity index (χ1) is 11.7. The van der Waals surface area contributed by atoms with E-state index in [9.17, 15) is 16.8 Å². The SMILES string of the molecule is O=S1(=O)CC[C@@H](N(c2ccccc2)S(=O)(=O)c2ccc(Cl)c(Cl)c2)C1. The molecule has 1 saturated heterocycles. The molecular weight excluding hydrogens is 405 g/mol. The number of nitrogens with zero attached hydrogens (tertiary/aromatic N) is 1. The molecule has 0 unspecified atom stereocenters. The Morgan fingerprint density at radius 1 is 1.00 bits per heavy atom. The number of sulfonamides is 1. The van der Waals surface area contributed by atoms with Crippen LogP contribution in [0.2, 0.25) is 10.0 Å². The summed E-state index contributed by atoms with van der Waals surface area (Å²) in [5, 5.41) is 0.366. The van der Waals surface area contributed by atoms with Crippen LogP contribution in [0, 0.1) is 0 Å². The minimum Gasteiger partial charge on any atom is -0.262 e. The molecule has 134 valence electrons. The van der Waals surface area contributed by atoms with Crippen molar-refractivity contribution in [2.45, 2.75) is 17.4 Å². The highest BCUT2D eigenvalue weighted by atomic mass is 35.5. The molecule has 0 aliphatic carbocycles. The van der Waals surface area contributed by atoms with Crippen LogP contribution in [0.25, 0.3) is 0 Å². The molecule has 0 radical (unpaired) electrons. The number of hydrogen-bond acceptors (Lipinski definition) is 4. The number of hydrogen-bond donors (Lipinski definition) is 0. The average Bonchev–Trinajstić information content (AvgIpc) is 2.90. The van der Waals surface area contributed by atoms with Crippen LogP contribution in [0.5, 0.6) is 0 Å². The Morgan fingerprint density at radius 3 is 2.24 bits per heavy atom. The summed E-state index contributed by atoms with van der Waals surface area (Å²) in [5.41, 5.74) is 0.413. The molecule has 0 N–H and O–H groups in total. The normalized spacial score (nSPS) is 19.7. The summed E-state index contributed by atoms with van der Waals surface area (Å²) in [5.74, 6) is -0.236. The lowest BCUT2D eigenvalue weighted by Gasteiger charge is -2.29. The Morgan fingerprint density at radius 2 is 1.68 bits per heavy atom. The number of sulfone groups is 1. The minimum atomic E-state index is -4.00. The van der Waals surface area contributed by atoms with Gasteiger partial charge in [-0.05, 0) is 36.8 Å². The molecule has 1 aliphatic rings. The van der Waals surface area contributed by atoms with Gasteiger partial charge in [-0.15, -0.1) is 0 Å². The van der Waals surface area contributed by atoms with Crippen molar-refractivity contribution in [2.24, 2.45) is 0 Å². The second-order valence-corrected chi connectivity index (χ2v) is 10.6. The van der Waals surface area contributed by atoms with E-state index in [-0.39, 0.29) is 32.9 Å². The lowest BCUT2D eigenvalue weighted by molar-refractivity contribution is 0.580. The van der Waals surface area contributed by atoms with Gasteiger partial charge >= 0.3 is 0 Å². The Kier molecular flexibility index (Phi) is 5.03. The maximum Gasteiger partial charge on any atom is 0.264 e. The topological polar surface area (TPSA) is 71.5 Å². The van der Waals surface area contributed by atoms with E-state index in [0.29, 0.717) is 5.69 Å². The third-order valence-corrected chi connectivity index (χ3v) is 8.36. The van der Waals surface area contributed by atoms with Crippen molar-refractivity contribution in [1.82, 2.24) is 0 Å². The number of rotatable bonds is 4. The van der Waals surface area contributed by atoms with Crippen LogP contribution in [0.15, 0.2) is 53.4 Å². The fraction of sp³-hybridized carbons (Fsp3) is 0.250. The summed E-state index contributed by atoms with van der Waals surface area (Å²) in [7, 11) is -7.26. The Labute approximate surface area is 157 Å². The van der Waals surface area contributed by atoms with Crippen LogP contribution in [0.4, 0.5) is 5.69 Å².